The van der Waals surface area contributed by atoms with Crippen molar-refractivity contribution in [2.75, 3.05) is 6.61 Å². The molecule has 116 valence electrons. The molecule has 0 aliphatic carbocycles. The Bertz CT molecular complexity index is 830. The predicted octanol–water partition coefficient (Wildman–Crippen LogP) is 3.52. The van der Waals surface area contributed by atoms with Gasteiger partial charge in [-0.05, 0) is 42.5 Å². The third-order valence-corrected chi connectivity index (χ3v) is 3.22. The van der Waals surface area contributed by atoms with E-state index >= 15 is 0 Å². The number of rotatable bonds is 5. The van der Waals surface area contributed by atoms with Gasteiger partial charge in [0, 0.05) is 16.1 Å². The molecular formula is C16H11ClN2O4. The number of aliphatic carboxylic acids is 1. The predicted molar refractivity (Wildman–Crippen MR) is 83.3 cm³/mol. The number of carboxylic acid groups (broad SMARTS) is 1. The Morgan fingerprint density at radius 1 is 1.17 bits per heavy atom. The summed E-state index contributed by atoms with van der Waals surface area (Å²) in [4.78, 5) is 14.9. The molecule has 0 aliphatic rings. The molecule has 0 amide bonds. The third kappa shape index (κ3) is 3.67. The zero-order chi connectivity index (χ0) is 16.2. The quantitative estimate of drug-likeness (QED) is 0.770. The van der Waals surface area contributed by atoms with Gasteiger partial charge in [0.05, 0.1) is 0 Å². The lowest BCUT2D eigenvalue weighted by Gasteiger charge is -2.03. The first kappa shape index (κ1) is 15.1. The van der Waals surface area contributed by atoms with E-state index in [1.807, 2.05) is 0 Å². The molecule has 0 fully saturated rings. The van der Waals surface area contributed by atoms with Crippen LogP contribution in [0.15, 0.2) is 53.1 Å². The van der Waals surface area contributed by atoms with Crippen LogP contribution < -0.4 is 4.74 Å². The minimum atomic E-state index is -1.04. The Morgan fingerprint density at radius 3 is 2.70 bits per heavy atom. The molecule has 0 unspecified atom stereocenters. The first-order chi connectivity index (χ1) is 11.1. The maximum atomic E-state index is 10.5. The van der Waals surface area contributed by atoms with Crippen molar-refractivity contribution in [3.05, 3.63) is 53.6 Å². The summed E-state index contributed by atoms with van der Waals surface area (Å²) in [5, 5.41) is 13.2. The molecule has 1 aromatic heterocycles. The molecule has 0 spiro atoms. The van der Waals surface area contributed by atoms with Crippen LogP contribution in [0, 0.1) is 0 Å². The van der Waals surface area contributed by atoms with Crippen LogP contribution in [-0.2, 0) is 4.79 Å². The molecule has 0 saturated heterocycles. The lowest BCUT2D eigenvalue weighted by atomic mass is 10.2. The Hall–Kier alpha value is -2.86. The van der Waals surface area contributed by atoms with Gasteiger partial charge >= 0.3 is 5.97 Å². The van der Waals surface area contributed by atoms with Gasteiger partial charge in [-0.2, -0.15) is 4.98 Å². The highest BCUT2D eigenvalue weighted by Gasteiger charge is 2.11. The van der Waals surface area contributed by atoms with Gasteiger partial charge in [0.1, 0.15) is 5.75 Å². The second kappa shape index (κ2) is 6.50. The fourth-order valence-electron chi connectivity index (χ4n) is 1.92. The molecule has 6 nitrogen and oxygen atoms in total. The van der Waals surface area contributed by atoms with Crippen molar-refractivity contribution in [2.24, 2.45) is 0 Å². The van der Waals surface area contributed by atoms with Crippen LogP contribution in [0.4, 0.5) is 0 Å². The standard InChI is InChI=1S/C16H11ClN2O4/c17-12-6-4-10(5-7-12)15-18-16(23-19-15)11-2-1-3-13(8-11)22-9-14(20)21/h1-8H,9H2,(H,20,21). The second-order valence-electron chi connectivity index (χ2n) is 4.64. The van der Waals surface area contributed by atoms with Gasteiger partial charge in [-0.1, -0.05) is 22.8 Å². The molecule has 1 N–H and O–H groups in total. The maximum absolute atomic E-state index is 10.5. The summed E-state index contributed by atoms with van der Waals surface area (Å²) < 4.78 is 10.4. The number of halogens is 1. The molecule has 0 saturated carbocycles. The van der Waals surface area contributed by atoms with Gasteiger partial charge in [-0.15, -0.1) is 0 Å². The van der Waals surface area contributed by atoms with E-state index in [0.29, 0.717) is 28.1 Å². The highest BCUT2D eigenvalue weighted by atomic mass is 35.5. The summed E-state index contributed by atoms with van der Waals surface area (Å²) in [5.41, 5.74) is 1.42. The molecule has 0 bridgehead atoms. The smallest absolute Gasteiger partial charge is 0.341 e. The molecule has 1 heterocycles. The fourth-order valence-corrected chi connectivity index (χ4v) is 2.05. The average Bonchev–Trinajstić information content (AvgIpc) is 3.04. The normalized spacial score (nSPS) is 10.5. The van der Waals surface area contributed by atoms with Gasteiger partial charge in [0.15, 0.2) is 6.61 Å². The van der Waals surface area contributed by atoms with Crippen molar-refractivity contribution in [3.8, 4) is 28.6 Å². The summed E-state index contributed by atoms with van der Waals surface area (Å²) >= 11 is 5.85. The van der Waals surface area contributed by atoms with Crippen LogP contribution in [0.2, 0.25) is 5.02 Å². The summed E-state index contributed by atoms with van der Waals surface area (Å²) in [6.07, 6.45) is 0. The molecular weight excluding hydrogens is 320 g/mol. The molecule has 23 heavy (non-hydrogen) atoms. The van der Waals surface area contributed by atoms with E-state index < -0.39 is 12.6 Å². The number of carboxylic acids is 1. The van der Waals surface area contributed by atoms with E-state index in [9.17, 15) is 4.79 Å². The van der Waals surface area contributed by atoms with Crippen molar-refractivity contribution in [2.45, 2.75) is 0 Å². The minimum absolute atomic E-state index is 0.315. The topological polar surface area (TPSA) is 85.5 Å². The number of nitrogens with zero attached hydrogens (tertiary/aromatic N) is 2. The molecule has 0 atom stereocenters. The van der Waals surface area contributed by atoms with E-state index in [4.69, 9.17) is 26.0 Å². The summed E-state index contributed by atoms with van der Waals surface area (Å²) in [6, 6.07) is 13.9. The number of hydrogen-bond acceptors (Lipinski definition) is 5. The van der Waals surface area contributed by atoms with Crippen LogP contribution in [-0.4, -0.2) is 27.8 Å². The average molecular weight is 331 g/mol. The first-order valence-corrected chi connectivity index (χ1v) is 7.04. The number of benzene rings is 2. The van der Waals surface area contributed by atoms with Crippen molar-refractivity contribution >= 4 is 17.6 Å². The summed E-state index contributed by atoms with van der Waals surface area (Å²) in [5.74, 6) is 0.124. The Kier molecular flexibility index (Phi) is 4.25. The van der Waals surface area contributed by atoms with Gasteiger partial charge in [-0.25, -0.2) is 4.79 Å². The fraction of sp³-hybridized carbons (Fsp3) is 0.0625. The zero-order valence-electron chi connectivity index (χ0n) is 11.8. The van der Waals surface area contributed by atoms with E-state index in [-0.39, 0.29) is 0 Å². The Balaban J connectivity index is 1.84. The first-order valence-electron chi connectivity index (χ1n) is 6.66. The van der Waals surface area contributed by atoms with Gasteiger partial charge in [0.2, 0.25) is 5.82 Å². The summed E-state index contributed by atoms with van der Waals surface area (Å²) in [7, 11) is 0. The Morgan fingerprint density at radius 2 is 1.96 bits per heavy atom. The third-order valence-electron chi connectivity index (χ3n) is 2.97. The maximum Gasteiger partial charge on any atom is 0.341 e. The molecule has 3 aromatic rings. The van der Waals surface area contributed by atoms with Crippen LogP contribution in [0.25, 0.3) is 22.8 Å². The Labute approximate surface area is 136 Å². The van der Waals surface area contributed by atoms with Crippen molar-refractivity contribution in [3.63, 3.8) is 0 Å². The van der Waals surface area contributed by atoms with Crippen LogP contribution in [0.5, 0.6) is 5.75 Å². The molecule has 0 aliphatic heterocycles. The van der Waals surface area contributed by atoms with Crippen molar-refractivity contribution < 1.29 is 19.2 Å². The lowest BCUT2D eigenvalue weighted by molar-refractivity contribution is -0.139. The van der Waals surface area contributed by atoms with E-state index in [1.165, 1.54) is 0 Å². The van der Waals surface area contributed by atoms with E-state index in [1.54, 1.807) is 48.5 Å². The number of aromatic nitrogens is 2. The summed E-state index contributed by atoms with van der Waals surface area (Å²) in [6.45, 7) is -0.413. The van der Waals surface area contributed by atoms with Crippen LogP contribution >= 0.6 is 11.6 Å². The number of carbonyl (C=O) groups is 1. The lowest BCUT2D eigenvalue weighted by Crippen LogP contribution is -2.09. The molecule has 2 aromatic carbocycles. The van der Waals surface area contributed by atoms with Gasteiger partial charge in [-0.3, -0.25) is 0 Å². The van der Waals surface area contributed by atoms with Gasteiger partial charge in [0.25, 0.3) is 5.89 Å². The SMILES string of the molecule is O=C(O)COc1cccc(-c2nc(-c3ccc(Cl)cc3)no2)c1. The molecule has 0 radical (unpaired) electrons. The van der Waals surface area contributed by atoms with E-state index in [0.717, 1.165) is 5.56 Å². The zero-order valence-corrected chi connectivity index (χ0v) is 12.5. The highest BCUT2D eigenvalue weighted by molar-refractivity contribution is 6.30. The van der Waals surface area contributed by atoms with Gasteiger partial charge < -0.3 is 14.4 Å². The highest BCUT2D eigenvalue weighted by Crippen LogP contribution is 2.25. The van der Waals surface area contributed by atoms with Crippen LogP contribution in [0.1, 0.15) is 0 Å². The number of ether oxygens (including phenoxy) is 1. The number of hydrogen-bond donors (Lipinski definition) is 1. The van der Waals surface area contributed by atoms with Crippen molar-refractivity contribution in [1.82, 2.24) is 10.1 Å². The van der Waals surface area contributed by atoms with E-state index in [2.05, 4.69) is 10.1 Å². The molecule has 7 heteroatoms. The minimum Gasteiger partial charge on any atom is -0.482 e. The largest absolute Gasteiger partial charge is 0.482 e. The second-order valence-corrected chi connectivity index (χ2v) is 5.08. The van der Waals surface area contributed by atoms with Crippen LogP contribution in [0.3, 0.4) is 0 Å². The monoisotopic (exact) mass is 330 g/mol. The molecule has 3 rings (SSSR count). The van der Waals surface area contributed by atoms with Crippen molar-refractivity contribution in [1.29, 1.82) is 0 Å².